The molecular weight excluding hydrogens is 291 g/mol. The van der Waals surface area contributed by atoms with Gasteiger partial charge in [-0.2, -0.15) is 13.2 Å². The van der Waals surface area contributed by atoms with Crippen molar-refractivity contribution in [2.75, 3.05) is 6.54 Å². The second kappa shape index (κ2) is 6.77. The zero-order valence-electron chi connectivity index (χ0n) is 10.6. The third-order valence-corrected chi connectivity index (χ3v) is 4.04. The van der Waals surface area contributed by atoms with Crippen molar-refractivity contribution < 1.29 is 21.6 Å². The van der Waals surface area contributed by atoms with E-state index in [4.69, 9.17) is 6.42 Å². The maximum Gasteiger partial charge on any atom is 0.417 e. The summed E-state index contributed by atoms with van der Waals surface area (Å²) in [5, 5.41) is 0. The molecule has 0 saturated carbocycles. The van der Waals surface area contributed by atoms with Crippen LogP contribution in [-0.2, 0) is 16.2 Å². The van der Waals surface area contributed by atoms with Crippen molar-refractivity contribution in [2.24, 2.45) is 0 Å². The molecule has 0 fully saturated rings. The monoisotopic (exact) mass is 305 g/mol. The van der Waals surface area contributed by atoms with Crippen LogP contribution in [0.25, 0.3) is 0 Å². The van der Waals surface area contributed by atoms with Crippen LogP contribution in [0.1, 0.15) is 24.8 Å². The van der Waals surface area contributed by atoms with Crippen LogP contribution in [0.3, 0.4) is 0 Å². The number of terminal acetylenes is 1. The zero-order valence-corrected chi connectivity index (χ0v) is 11.4. The van der Waals surface area contributed by atoms with Crippen LogP contribution in [0.2, 0.25) is 0 Å². The Labute approximate surface area is 116 Å². The molecule has 0 aliphatic carbocycles. The maximum atomic E-state index is 12.8. The fraction of sp³-hybridized carbons (Fsp3) is 0.385. The Morgan fingerprint density at radius 3 is 2.45 bits per heavy atom. The minimum atomic E-state index is -4.71. The molecule has 0 amide bonds. The molecule has 7 heteroatoms. The van der Waals surface area contributed by atoms with E-state index in [0.717, 1.165) is 18.2 Å². The van der Waals surface area contributed by atoms with E-state index in [-0.39, 0.29) is 6.54 Å². The molecule has 0 bridgehead atoms. The van der Waals surface area contributed by atoms with Gasteiger partial charge in [0.05, 0.1) is 10.5 Å². The Bertz CT molecular complexity index is 588. The lowest BCUT2D eigenvalue weighted by atomic mass is 10.2. The number of unbranched alkanes of at least 4 members (excludes halogenated alkanes) is 2. The van der Waals surface area contributed by atoms with Crippen LogP contribution >= 0.6 is 0 Å². The molecule has 0 atom stereocenters. The molecule has 110 valence electrons. The summed E-state index contributed by atoms with van der Waals surface area (Å²) in [6.07, 6.45) is 1.91. The second-order valence-corrected chi connectivity index (χ2v) is 5.79. The van der Waals surface area contributed by atoms with E-state index in [1.165, 1.54) is 6.07 Å². The molecular formula is C13H14F3NO2S. The molecule has 1 rings (SSSR count). The van der Waals surface area contributed by atoms with Gasteiger partial charge in [0.2, 0.25) is 10.0 Å². The molecule has 0 spiro atoms. The van der Waals surface area contributed by atoms with Crippen molar-refractivity contribution in [3.63, 3.8) is 0 Å². The van der Waals surface area contributed by atoms with E-state index in [1.54, 1.807) is 0 Å². The summed E-state index contributed by atoms with van der Waals surface area (Å²) in [7, 11) is -4.18. The first-order valence-corrected chi connectivity index (χ1v) is 7.36. The first-order valence-electron chi connectivity index (χ1n) is 5.88. The van der Waals surface area contributed by atoms with Gasteiger partial charge < -0.3 is 0 Å². The number of sulfonamides is 1. The molecule has 0 heterocycles. The summed E-state index contributed by atoms with van der Waals surface area (Å²) in [6, 6.07) is 4.08. The smallest absolute Gasteiger partial charge is 0.211 e. The highest BCUT2D eigenvalue weighted by Gasteiger charge is 2.36. The Morgan fingerprint density at radius 2 is 1.85 bits per heavy atom. The third-order valence-electron chi connectivity index (χ3n) is 2.52. The lowest BCUT2D eigenvalue weighted by molar-refractivity contribution is -0.139. The van der Waals surface area contributed by atoms with E-state index in [1.807, 2.05) is 0 Å². The van der Waals surface area contributed by atoms with E-state index >= 15 is 0 Å². The Kier molecular flexibility index (Phi) is 5.60. The number of benzene rings is 1. The van der Waals surface area contributed by atoms with Crippen molar-refractivity contribution in [1.82, 2.24) is 4.72 Å². The predicted molar refractivity (Wildman–Crippen MR) is 69.3 cm³/mol. The number of hydrogen-bond acceptors (Lipinski definition) is 2. The minimum Gasteiger partial charge on any atom is -0.211 e. The van der Waals surface area contributed by atoms with Gasteiger partial charge in [0.15, 0.2) is 0 Å². The third kappa shape index (κ3) is 4.54. The fourth-order valence-corrected chi connectivity index (χ4v) is 2.87. The lowest BCUT2D eigenvalue weighted by Crippen LogP contribution is -2.27. The van der Waals surface area contributed by atoms with Gasteiger partial charge in [0.25, 0.3) is 0 Å². The van der Waals surface area contributed by atoms with Crippen molar-refractivity contribution in [1.29, 1.82) is 0 Å². The normalized spacial score (nSPS) is 12.1. The van der Waals surface area contributed by atoms with Crippen LogP contribution < -0.4 is 4.72 Å². The average molecular weight is 305 g/mol. The molecule has 0 radical (unpaired) electrons. The summed E-state index contributed by atoms with van der Waals surface area (Å²) < 4.78 is 64.2. The molecule has 0 unspecified atom stereocenters. The summed E-state index contributed by atoms with van der Waals surface area (Å²) in [5.41, 5.74) is -1.17. The van der Waals surface area contributed by atoms with Gasteiger partial charge in [-0.1, -0.05) is 12.1 Å². The number of nitrogens with one attached hydrogen (secondary N) is 1. The number of alkyl halides is 3. The molecule has 1 N–H and O–H groups in total. The van der Waals surface area contributed by atoms with Crippen LogP contribution in [0, 0.1) is 12.3 Å². The number of rotatable bonds is 6. The van der Waals surface area contributed by atoms with Crippen molar-refractivity contribution in [3.05, 3.63) is 29.8 Å². The molecule has 0 saturated heterocycles. The van der Waals surface area contributed by atoms with Gasteiger partial charge in [-0.25, -0.2) is 13.1 Å². The maximum absolute atomic E-state index is 12.8. The fourth-order valence-electron chi connectivity index (χ4n) is 1.57. The van der Waals surface area contributed by atoms with Gasteiger partial charge in [0, 0.05) is 13.0 Å². The first-order chi connectivity index (χ1) is 9.29. The second-order valence-electron chi connectivity index (χ2n) is 4.05. The Balaban J connectivity index is 2.86. The van der Waals surface area contributed by atoms with Gasteiger partial charge >= 0.3 is 6.18 Å². The summed E-state index contributed by atoms with van der Waals surface area (Å²) in [5.74, 6) is 2.40. The lowest BCUT2D eigenvalue weighted by Gasteiger charge is -2.13. The van der Waals surface area contributed by atoms with Gasteiger partial charge in [-0.05, 0) is 25.0 Å². The van der Waals surface area contributed by atoms with E-state index in [2.05, 4.69) is 10.6 Å². The van der Waals surface area contributed by atoms with Gasteiger partial charge in [-0.15, -0.1) is 12.3 Å². The van der Waals surface area contributed by atoms with Crippen molar-refractivity contribution in [3.8, 4) is 12.3 Å². The van der Waals surface area contributed by atoms with Crippen LogP contribution in [0.4, 0.5) is 13.2 Å². The molecule has 20 heavy (non-hydrogen) atoms. The molecule has 0 aromatic heterocycles. The highest BCUT2D eigenvalue weighted by atomic mass is 32.2. The van der Waals surface area contributed by atoms with Crippen molar-refractivity contribution in [2.45, 2.75) is 30.3 Å². The average Bonchev–Trinajstić information content (AvgIpc) is 2.37. The molecule has 3 nitrogen and oxygen atoms in total. The Hall–Kier alpha value is -1.52. The standard InChI is InChI=1S/C13H14F3NO2S/c1-2-3-4-7-10-17-20(18,19)12-9-6-5-8-11(12)13(14,15)16/h1,5-6,8-9,17H,3-4,7,10H2. The highest BCUT2D eigenvalue weighted by molar-refractivity contribution is 7.89. The number of hydrogen-bond donors (Lipinski definition) is 1. The van der Waals surface area contributed by atoms with Gasteiger partial charge in [0.1, 0.15) is 0 Å². The molecule has 1 aromatic carbocycles. The van der Waals surface area contributed by atoms with Crippen LogP contribution in [0.5, 0.6) is 0 Å². The minimum absolute atomic E-state index is 0.0518. The summed E-state index contributed by atoms with van der Waals surface area (Å²) in [6.45, 7) is 0.0518. The zero-order chi connectivity index (χ0) is 15.2. The molecule has 1 aromatic rings. The first kappa shape index (κ1) is 16.5. The molecule has 0 aliphatic heterocycles. The summed E-state index contributed by atoms with van der Waals surface area (Å²) >= 11 is 0. The summed E-state index contributed by atoms with van der Waals surface area (Å²) in [4.78, 5) is -0.760. The largest absolute Gasteiger partial charge is 0.417 e. The highest BCUT2D eigenvalue weighted by Crippen LogP contribution is 2.33. The Morgan fingerprint density at radius 1 is 1.20 bits per heavy atom. The van der Waals surface area contributed by atoms with Crippen molar-refractivity contribution >= 4 is 10.0 Å². The van der Waals surface area contributed by atoms with Crippen LogP contribution in [0.15, 0.2) is 29.2 Å². The van der Waals surface area contributed by atoms with E-state index in [9.17, 15) is 21.6 Å². The van der Waals surface area contributed by atoms with E-state index < -0.39 is 26.7 Å². The van der Waals surface area contributed by atoms with Crippen LogP contribution in [-0.4, -0.2) is 15.0 Å². The van der Waals surface area contributed by atoms with E-state index in [0.29, 0.717) is 19.3 Å². The quantitative estimate of drug-likeness (QED) is 0.649. The van der Waals surface area contributed by atoms with Gasteiger partial charge in [-0.3, -0.25) is 0 Å². The topological polar surface area (TPSA) is 46.2 Å². The number of halogens is 3. The molecule has 0 aliphatic rings. The SMILES string of the molecule is C#CCCCCNS(=O)(=O)c1ccccc1C(F)(F)F. The predicted octanol–water partition coefficient (Wildman–Crippen LogP) is 2.79.